The van der Waals surface area contributed by atoms with E-state index in [1.165, 1.54) is 0 Å². The highest BCUT2D eigenvalue weighted by atomic mass is 16.6. The molecule has 6 rings (SSSR count). The zero-order valence-corrected chi connectivity index (χ0v) is 32.6. The fourth-order valence-corrected chi connectivity index (χ4v) is 8.92. The van der Waals surface area contributed by atoms with Crippen molar-refractivity contribution in [2.75, 3.05) is 91.9 Å². The van der Waals surface area contributed by atoms with Crippen molar-refractivity contribution in [3.05, 3.63) is 35.9 Å². The van der Waals surface area contributed by atoms with Crippen molar-refractivity contribution in [1.82, 2.24) is 19.6 Å². The van der Waals surface area contributed by atoms with Crippen molar-refractivity contribution in [2.24, 2.45) is 35.1 Å². The van der Waals surface area contributed by atoms with Gasteiger partial charge in [-0.15, -0.1) is 0 Å². The number of benzene rings is 1. The quantitative estimate of drug-likeness (QED) is 0.284. The Hall–Kier alpha value is -3.14. The molecular formula is C41H64N6O8. The van der Waals surface area contributed by atoms with Crippen LogP contribution in [0.1, 0.15) is 63.4 Å². The minimum Gasteiger partial charge on any atom is -0.373 e. The topological polar surface area (TPSA) is 170 Å². The van der Waals surface area contributed by atoms with Gasteiger partial charge in [-0.05, 0) is 88.3 Å². The molecule has 3 heterocycles. The zero-order chi connectivity index (χ0) is 38.6. The first-order valence-corrected chi connectivity index (χ1v) is 20.8. The molecule has 0 aromatic heterocycles. The molecule has 1 aromatic carbocycles. The highest BCUT2D eigenvalue weighted by Gasteiger charge is 2.38. The largest absolute Gasteiger partial charge is 0.373 e. The van der Waals surface area contributed by atoms with Crippen LogP contribution in [0.15, 0.2) is 30.3 Å². The van der Waals surface area contributed by atoms with Gasteiger partial charge in [0.1, 0.15) is 25.4 Å². The Balaban J connectivity index is 0.945. The van der Waals surface area contributed by atoms with Gasteiger partial charge in [-0.3, -0.25) is 19.2 Å². The fraction of sp³-hybridized carbons (Fsp3) is 0.756. The molecular weight excluding hydrogens is 704 g/mol. The molecule has 3 aliphatic heterocycles. The Morgan fingerprint density at radius 3 is 1.62 bits per heavy atom. The second-order valence-corrected chi connectivity index (χ2v) is 16.1. The summed E-state index contributed by atoms with van der Waals surface area (Å²) in [5.74, 6) is 1.37. The summed E-state index contributed by atoms with van der Waals surface area (Å²) in [7, 11) is 0. The van der Waals surface area contributed by atoms with Crippen molar-refractivity contribution in [3.63, 3.8) is 0 Å². The van der Waals surface area contributed by atoms with E-state index < -0.39 is 18.3 Å². The van der Waals surface area contributed by atoms with E-state index in [9.17, 15) is 19.2 Å². The van der Waals surface area contributed by atoms with Crippen LogP contribution in [0.25, 0.3) is 0 Å². The van der Waals surface area contributed by atoms with Gasteiger partial charge in [0.25, 0.3) is 0 Å². The van der Waals surface area contributed by atoms with Gasteiger partial charge < -0.3 is 50.0 Å². The zero-order valence-electron chi connectivity index (χ0n) is 32.6. The molecule has 4 N–H and O–H groups in total. The summed E-state index contributed by atoms with van der Waals surface area (Å²) in [5, 5.41) is 0. The van der Waals surface area contributed by atoms with Crippen LogP contribution < -0.4 is 11.5 Å². The molecule has 2 aliphatic carbocycles. The first-order chi connectivity index (χ1) is 26.8. The van der Waals surface area contributed by atoms with Crippen LogP contribution in [-0.4, -0.2) is 153 Å². The van der Waals surface area contributed by atoms with Crippen molar-refractivity contribution >= 4 is 23.6 Å². The van der Waals surface area contributed by atoms with E-state index in [4.69, 9.17) is 30.4 Å². The van der Waals surface area contributed by atoms with Gasteiger partial charge >= 0.3 is 0 Å². The Labute approximate surface area is 326 Å². The van der Waals surface area contributed by atoms with Crippen LogP contribution >= 0.6 is 0 Å². The molecule has 306 valence electrons. The average Bonchev–Trinajstić information content (AvgIpc) is 3.25. The van der Waals surface area contributed by atoms with Gasteiger partial charge in [0.2, 0.25) is 23.6 Å². The molecule has 0 bridgehead atoms. The number of nitrogens with two attached hydrogens (primary N) is 2. The van der Waals surface area contributed by atoms with Gasteiger partial charge in [0, 0.05) is 70.8 Å². The van der Waals surface area contributed by atoms with Crippen molar-refractivity contribution in [3.8, 4) is 0 Å². The lowest BCUT2D eigenvalue weighted by Crippen LogP contribution is -2.54. The molecule has 3 saturated heterocycles. The first kappa shape index (κ1) is 41.5. The number of ether oxygens (including phenoxy) is 4. The van der Waals surface area contributed by atoms with Gasteiger partial charge in [-0.1, -0.05) is 30.3 Å². The van der Waals surface area contributed by atoms with Crippen LogP contribution in [0, 0.1) is 23.7 Å². The van der Waals surface area contributed by atoms with Crippen molar-refractivity contribution < 1.29 is 38.1 Å². The number of rotatable bonds is 14. The second kappa shape index (κ2) is 20.9. The first-order valence-electron chi connectivity index (χ1n) is 20.8. The van der Waals surface area contributed by atoms with Crippen LogP contribution in [0.5, 0.6) is 0 Å². The smallest absolute Gasteiger partial charge is 0.248 e. The number of hydrogen-bond donors (Lipinski definition) is 2. The summed E-state index contributed by atoms with van der Waals surface area (Å²) in [6.45, 7) is 6.13. The standard InChI is InChI=1S/C41H64N6O8/c42-24-30-6-10-33(11-7-30)40(50)46-19-15-44(16-20-46)37(48)28-52-27-36-39(55-26-32-4-2-1-3-5-32)35(14-23-53-36)54-29-38(49)45-17-21-47(22-18-45)41(51)34-12-8-31(25-43)9-13-34/h1-5,30-31,33-36,39H,6-29,42-43H2/t30?,31?,33?,34?,35-,36-,39+/m1/s1. The van der Waals surface area contributed by atoms with Crippen LogP contribution in [0.4, 0.5) is 0 Å². The lowest BCUT2D eigenvalue weighted by Gasteiger charge is -2.39. The maximum atomic E-state index is 13.3. The lowest BCUT2D eigenvalue weighted by molar-refractivity contribution is -0.197. The minimum atomic E-state index is -0.518. The Kier molecular flexibility index (Phi) is 15.7. The molecule has 14 heteroatoms. The number of carbonyl (C=O) groups excluding carboxylic acids is 4. The van der Waals surface area contributed by atoms with Gasteiger partial charge in [-0.2, -0.15) is 0 Å². The van der Waals surface area contributed by atoms with E-state index in [0.717, 1.165) is 56.9 Å². The molecule has 2 saturated carbocycles. The van der Waals surface area contributed by atoms with E-state index in [-0.39, 0.29) is 55.3 Å². The summed E-state index contributed by atoms with van der Waals surface area (Å²) >= 11 is 0. The van der Waals surface area contributed by atoms with E-state index in [1.807, 2.05) is 40.1 Å². The summed E-state index contributed by atoms with van der Waals surface area (Å²) in [6.07, 6.45) is 6.75. The summed E-state index contributed by atoms with van der Waals surface area (Å²) in [4.78, 5) is 60.2. The van der Waals surface area contributed by atoms with Crippen molar-refractivity contribution in [1.29, 1.82) is 0 Å². The third-order valence-electron chi connectivity index (χ3n) is 12.6. The fourth-order valence-electron chi connectivity index (χ4n) is 8.92. The average molecular weight is 769 g/mol. The number of piperazine rings is 2. The molecule has 0 unspecified atom stereocenters. The molecule has 1 aromatic rings. The van der Waals surface area contributed by atoms with Crippen molar-refractivity contribution in [2.45, 2.75) is 82.7 Å². The maximum Gasteiger partial charge on any atom is 0.248 e. The van der Waals surface area contributed by atoms with E-state index >= 15 is 0 Å². The monoisotopic (exact) mass is 768 g/mol. The second-order valence-electron chi connectivity index (χ2n) is 16.1. The SMILES string of the molecule is NCC1CCC(C(=O)N2CCN(C(=O)COC[C@H]3OCC[C@@H](OCC(=O)N4CCN(C(=O)C5CCC(CN)CC5)CC4)[C@@H]3OCc3ccccc3)CC2)CC1. The highest BCUT2D eigenvalue weighted by Crippen LogP contribution is 2.31. The van der Waals surface area contributed by atoms with Crippen LogP contribution in [-0.2, 0) is 44.7 Å². The van der Waals surface area contributed by atoms with E-state index in [1.54, 1.807) is 9.80 Å². The number of amides is 4. The summed E-state index contributed by atoms with van der Waals surface area (Å²) < 4.78 is 24.8. The molecule has 0 radical (unpaired) electrons. The van der Waals surface area contributed by atoms with E-state index in [2.05, 4.69) is 0 Å². The van der Waals surface area contributed by atoms with Crippen LogP contribution in [0.3, 0.4) is 0 Å². The molecule has 14 nitrogen and oxygen atoms in total. The van der Waals surface area contributed by atoms with Gasteiger partial charge in [0.15, 0.2) is 0 Å². The lowest BCUT2D eigenvalue weighted by atomic mass is 9.81. The molecule has 4 amide bonds. The third kappa shape index (κ3) is 11.5. The highest BCUT2D eigenvalue weighted by molar-refractivity contribution is 5.81. The normalized spacial score (nSPS) is 29.2. The number of carbonyl (C=O) groups is 4. The van der Waals surface area contributed by atoms with Crippen LogP contribution in [0.2, 0.25) is 0 Å². The molecule has 3 atom stereocenters. The maximum absolute atomic E-state index is 13.3. The number of hydrogen-bond acceptors (Lipinski definition) is 10. The molecule has 5 aliphatic rings. The number of nitrogens with zero attached hydrogens (tertiary/aromatic N) is 4. The molecule has 0 spiro atoms. The summed E-state index contributed by atoms with van der Waals surface area (Å²) in [6, 6.07) is 9.84. The Morgan fingerprint density at radius 2 is 1.11 bits per heavy atom. The third-order valence-corrected chi connectivity index (χ3v) is 12.6. The minimum absolute atomic E-state index is 0.0641. The summed E-state index contributed by atoms with van der Waals surface area (Å²) in [5.41, 5.74) is 12.7. The van der Waals surface area contributed by atoms with E-state index in [0.29, 0.717) is 96.9 Å². The predicted octanol–water partition coefficient (Wildman–Crippen LogP) is 1.63. The van der Waals surface area contributed by atoms with Gasteiger partial charge in [0.05, 0.1) is 19.3 Å². The molecule has 55 heavy (non-hydrogen) atoms. The van der Waals surface area contributed by atoms with Gasteiger partial charge in [-0.25, -0.2) is 0 Å². The molecule has 5 fully saturated rings. The Morgan fingerprint density at radius 1 is 0.618 bits per heavy atom. The predicted molar refractivity (Wildman–Crippen MR) is 205 cm³/mol. The Bertz CT molecular complexity index is 1370.